The van der Waals surface area contributed by atoms with E-state index < -0.39 is 12.0 Å². The molecule has 2 aromatic carbocycles. The van der Waals surface area contributed by atoms with Crippen molar-refractivity contribution in [3.05, 3.63) is 83.0 Å². The van der Waals surface area contributed by atoms with Crippen molar-refractivity contribution in [1.82, 2.24) is 4.57 Å². The minimum absolute atomic E-state index is 0.213. The second-order valence-corrected chi connectivity index (χ2v) is 9.82. The molecule has 11 heteroatoms. The van der Waals surface area contributed by atoms with E-state index in [1.807, 2.05) is 20.8 Å². The van der Waals surface area contributed by atoms with Gasteiger partial charge in [0.25, 0.3) is 5.56 Å². The normalized spacial score (nSPS) is 14.8. The van der Waals surface area contributed by atoms with E-state index in [2.05, 4.69) is 4.99 Å². The van der Waals surface area contributed by atoms with Crippen LogP contribution in [0.5, 0.6) is 17.2 Å². The molecule has 38 heavy (non-hydrogen) atoms. The molecule has 1 aromatic heterocycles. The number of rotatable bonds is 9. The van der Waals surface area contributed by atoms with Gasteiger partial charge in [-0.05, 0) is 62.2 Å². The number of methoxy groups -OCH3 is 1. The SMILES string of the molecule is CCOc1ccc([C@@H]2C(C(=O)OC)=CN=c3s/c(=C\c4cc(Cl)c(OCC)c(Cl)c4)c(=O)n32)cc1OCC. The number of ether oxygens (including phenoxy) is 4. The van der Waals surface area contributed by atoms with E-state index in [1.165, 1.54) is 29.2 Å². The fourth-order valence-corrected chi connectivity index (χ4v) is 5.67. The number of halogens is 2. The number of carbonyl (C=O) groups is 1. The highest BCUT2D eigenvalue weighted by atomic mass is 35.5. The lowest BCUT2D eigenvalue weighted by molar-refractivity contribution is -0.136. The van der Waals surface area contributed by atoms with Crippen LogP contribution >= 0.6 is 34.5 Å². The smallest absolute Gasteiger partial charge is 0.337 e. The maximum Gasteiger partial charge on any atom is 0.337 e. The number of hydrogen-bond donors (Lipinski definition) is 0. The summed E-state index contributed by atoms with van der Waals surface area (Å²) in [5.74, 6) is 0.870. The lowest BCUT2D eigenvalue weighted by Crippen LogP contribution is -2.39. The second-order valence-electron chi connectivity index (χ2n) is 7.99. The third kappa shape index (κ3) is 5.45. The molecule has 0 spiro atoms. The minimum atomic E-state index is -0.789. The van der Waals surface area contributed by atoms with Crippen molar-refractivity contribution in [3.8, 4) is 17.2 Å². The number of thiazole rings is 1. The van der Waals surface area contributed by atoms with Crippen LogP contribution in [0, 0.1) is 0 Å². The van der Waals surface area contributed by atoms with Crippen molar-refractivity contribution >= 4 is 46.6 Å². The van der Waals surface area contributed by atoms with Gasteiger partial charge in [0.15, 0.2) is 22.0 Å². The number of fused-ring (bicyclic) bond motifs is 1. The Bertz CT molecular complexity index is 1550. The topological polar surface area (TPSA) is 88.4 Å². The quantitative estimate of drug-likeness (QED) is 0.348. The Morgan fingerprint density at radius 1 is 1.03 bits per heavy atom. The summed E-state index contributed by atoms with van der Waals surface area (Å²) in [4.78, 5) is 31.3. The van der Waals surface area contributed by atoms with Crippen LogP contribution in [-0.2, 0) is 9.53 Å². The maximum absolute atomic E-state index is 13.7. The standard InChI is InChI=1S/C27H26Cl2N2O6S/c1-5-35-20-9-8-16(13-21(20)36-6-2)23-17(26(33)34-4)14-30-27-31(23)25(32)22(38-27)12-15-10-18(28)24(37-7-3)19(29)11-15/h8-14,23H,5-7H2,1-4H3/b22-12-/t23-/m1/s1. The molecular weight excluding hydrogens is 551 g/mol. The molecule has 1 aliphatic rings. The van der Waals surface area contributed by atoms with Crippen LogP contribution in [0.3, 0.4) is 0 Å². The molecule has 0 amide bonds. The van der Waals surface area contributed by atoms with Gasteiger partial charge in [0, 0.05) is 6.20 Å². The van der Waals surface area contributed by atoms with Gasteiger partial charge in [0.05, 0.1) is 53.1 Å². The average molecular weight is 577 g/mol. The lowest BCUT2D eigenvalue weighted by Gasteiger charge is -2.23. The van der Waals surface area contributed by atoms with E-state index in [4.69, 9.17) is 42.1 Å². The number of nitrogens with zero attached hydrogens (tertiary/aromatic N) is 2. The van der Waals surface area contributed by atoms with E-state index in [0.29, 0.717) is 67.6 Å². The summed E-state index contributed by atoms with van der Waals surface area (Å²) < 4.78 is 23.8. The summed E-state index contributed by atoms with van der Waals surface area (Å²) >= 11 is 13.9. The predicted octanol–water partition coefficient (Wildman–Crippen LogP) is 4.52. The monoisotopic (exact) mass is 576 g/mol. The van der Waals surface area contributed by atoms with E-state index in [-0.39, 0.29) is 11.1 Å². The molecule has 1 atom stereocenters. The molecule has 0 N–H and O–H groups in total. The molecule has 2 heterocycles. The van der Waals surface area contributed by atoms with Gasteiger partial charge in [-0.1, -0.05) is 40.6 Å². The van der Waals surface area contributed by atoms with Gasteiger partial charge in [-0.3, -0.25) is 9.36 Å². The molecule has 1 aliphatic heterocycles. The summed E-state index contributed by atoms with van der Waals surface area (Å²) in [6.45, 7) is 6.87. The van der Waals surface area contributed by atoms with Crippen molar-refractivity contribution in [3.63, 3.8) is 0 Å². The van der Waals surface area contributed by atoms with E-state index in [0.717, 1.165) is 0 Å². The number of carbonyl (C=O) groups excluding carboxylic acids is 1. The molecule has 0 unspecified atom stereocenters. The molecule has 3 aromatic rings. The van der Waals surface area contributed by atoms with Crippen LogP contribution < -0.4 is 29.1 Å². The molecule has 0 saturated carbocycles. The number of esters is 1. The molecule has 4 rings (SSSR count). The highest BCUT2D eigenvalue weighted by molar-refractivity contribution is 7.07. The average Bonchev–Trinajstić information content (AvgIpc) is 3.21. The predicted molar refractivity (Wildman–Crippen MR) is 148 cm³/mol. The molecule has 8 nitrogen and oxygen atoms in total. The third-order valence-corrected chi connectivity index (χ3v) is 7.17. The largest absolute Gasteiger partial charge is 0.491 e. The van der Waals surface area contributed by atoms with Gasteiger partial charge >= 0.3 is 5.97 Å². The molecule has 0 fully saturated rings. The Morgan fingerprint density at radius 2 is 1.68 bits per heavy atom. The van der Waals surface area contributed by atoms with Crippen molar-refractivity contribution in [2.75, 3.05) is 26.9 Å². The fourth-order valence-electron chi connectivity index (χ4n) is 4.08. The number of hydrogen-bond acceptors (Lipinski definition) is 8. The zero-order chi connectivity index (χ0) is 27.4. The summed E-state index contributed by atoms with van der Waals surface area (Å²) in [5.41, 5.74) is 1.15. The lowest BCUT2D eigenvalue weighted by atomic mass is 9.97. The zero-order valence-corrected chi connectivity index (χ0v) is 23.6. The maximum atomic E-state index is 13.7. The Kier molecular flexibility index (Phi) is 8.81. The van der Waals surface area contributed by atoms with Gasteiger partial charge in [0.1, 0.15) is 0 Å². The van der Waals surface area contributed by atoms with Crippen molar-refractivity contribution in [2.45, 2.75) is 26.8 Å². The van der Waals surface area contributed by atoms with E-state index in [1.54, 1.807) is 36.4 Å². The van der Waals surface area contributed by atoms with Crippen molar-refractivity contribution < 1.29 is 23.7 Å². The molecule has 0 bridgehead atoms. The molecule has 0 radical (unpaired) electrons. The molecule has 200 valence electrons. The fraction of sp³-hybridized carbons (Fsp3) is 0.296. The van der Waals surface area contributed by atoms with Gasteiger partial charge in [0.2, 0.25) is 0 Å². The van der Waals surface area contributed by atoms with Gasteiger partial charge in [-0.25, -0.2) is 9.79 Å². The Balaban J connectivity index is 1.88. The third-order valence-electron chi connectivity index (χ3n) is 5.62. The van der Waals surface area contributed by atoms with E-state index >= 15 is 0 Å². The molecule has 0 aliphatic carbocycles. The van der Waals surface area contributed by atoms with Crippen LogP contribution in [0.1, 0.15) is 37.9 Å². The first kappa shape index (κ1) is 27.8. The van der Waals surface area contributed by atoms with Gasteiger partial charge < -0.3 is 18.9 Å². The zero-order valence-electron chi connectivity index (χ0n) is 21.2. The van der Waals surface area contributed by atoms with Crippen LogP contribution in [0.25, 0.3) is 6.08 Å². The first-order valence-electron chi connectivity index (χ1n) is 11.9. The second kappa shape index (κ2) is 12.1. The van der Waals surface area contributed by atoms with Crippen LogP contribution in [-0.4, -0.2) is 37.5 Å². The molecule has 0 saturated heterocycles. The first-order chi connectivity index (χ1) is 18.3. The number of benzene rings is 2. The highest BCUT2D eigenvalue weighted by Crippen LogP contribution is 2.36. The van der Waals surface area contributed by atoms with Crippen LogP contribution in [0.2, 0.25) is 10.0 Å². The number of aromatic nitrogens is 1. The highest BCUT2D eigenvalue weighted by Gasteiger charge is 2.31. The summed E-state index contributed by atoms with van der Waals surface area (Å²) in [6, 6.07) is 7.89. The van der Waals surface area contributed by atoms with Crippen molar-refractivity contribution in [1.29, 1.82) is 0 Å². The van der Waals surface area contributed by atoms with Crippen LogP contribution in [0.4, 0.5) is 0 Å². The Labute approximate surface area is 233 Å². The van der Waals surface area contributed by atoms with Crippen molar-refractivity contribution in [2.24, 2.45) is 4.99 Å². The summed E-state index contributed by atoms with van der Waals surface area (Å²) in [7, 11) is 1.29. The van der Waals surface area contributed by atoms with Crippen LogP contribution in [0.15, 0.2) is 51.9 Å². The van der Waals surface area contributed by atoms with Gasteiger partial charge in [-0.15, -0.1) is 0 Å². The van der Waals surface area contributed by atoms with E-state index in [9.17, 15) is 9.59 Å². The van der Waals surface area contributed by atoms with Gasteiger partial charge in [-0.2, -0.15) is 0 Å². The summed E-state index contributed by atoms with van der Waals surface area (Å²) in [6.07, 6.45) is 3.12. The summed E-state index contributed by atoms with van der Waals surface area (Å²) in [5, 5.41) is 0.671. The Hall–Kier alpha value is -3.27. The first-order valence-corrected chi connectivity index (χ1v) is 13.5. The minimum Gasteiger partial charge on any atom is -0.491 e. The Morgan fingerprint density at radius 3 is 2.32 bits per heavy atom. The molecular formula is C27H26Cl2N2O6S.